The molecule has 1 aliphatic heterocycles. The topological polar surface area (TPSA) is 24.1 Å². The van der Waals surface area contributed by atoms with E-state index in [1.807, 2.05) is 0 Å². The van der Waals surface area contributed by atoms with Crippen molar-refractivity contribution in [3.63, 3.8) is 0 Å². The van der Waals surface area contributed by atoms with Gasteiger partial charge in [0, 0.05) is 18.6 Å². The lowest BCUT2D eigenvalue weighted by molar-refractivity contribution is 0.446. The molecule has 3 rings (SSSR count). The third kappa shape index (κ3) is 2.24. The molecule has 1 fully saturated rings. The van der Waals surface area contributed by atoms with Gasteiger partial charge in [-0.05, 0) is 35.9 Å². The van der Waals surface area contributed by atoms with Crippen LogP contribution in [0.15, 0.2) is 24.3 Å². The molecule has 0 saturated heterocycles. The van der Waals surface area contributed by atoms with E-state index in [0.29, 0.717) is 11.5 Å². The summed E-state index contributed by atoms with van der Waals surface area (Å²) in [5.74, 6) is 0. The summed E-state index contributed by atoms with van der Waals surface area (Å²) in [6, 6.07) is 10.1. The Morgan fingerprint density at radius 3 is 2.88 bits per heavy atom. The molecule has 1 aromatic carbocycles. The standard InChI is InChI=1S/C15H22N2/c1-15(2)9-14(15)17-10-13-12-6-4-3-5-11(12)7-8-16-13/h3-6,13-14,16-17H,7-10H2,1-2H3. The van der Waals surface area contributed by atoms with Crippen molar-refractivity contribution in [2.24, 2.45) is 5.41 Å². The van der Waals surface area contributed by atoms with E-state index in [1.54, 1.807) is 0 Å². The van der Waals surface area contributed by atoms with Crippen LogP contribution in [0.25, 0.3) is 0 Å². The lowest BCUT2D eigenvalue weighted by Crippen LogP contribution is -2.38. The Bertz CT molecular complexity index is 411. The predicted molar refractivity (Wildman–Crippen MR) is 71.1 cm³/mol. The van der Waals surface area contributed by atoms with E-state index in [2.05, 4.69) is 48.7 Å². The van der Waals surface area contributed by atoms with Crippen LogP contribution < -0.4 is 10.6 Å². The Morgan fingerprint density at radius 2 is 2.12 bits per heavy atom. The van der Waals surface area contributed by atoms with Crippen LogP contribution in [0.1, 0.15) is 37.4 Å². The maximum absolute atomic E-state index is 3.69. The highest BCUT2D eigenvalue weighted by Crippen LogP contribution is 2.44. The maximum atomic E-state index is 3.69. The van der Waals surface area contributed by atoms with E-state index < -0.39 is 0 Å². The van der Waals surface area contributed by atoms with Gasteiger partial charge in [-0.2, -0.15) is 0 Å². The zero-order valence-corrected chi connectivity index (χ0v) is 10.8. The number of fused-ring (bicyclic) bond motifs is 1. The third-order valence-corrected chi connectivity index (χ3v) is 4.30. The average Bonchev–Trinajstić information content (AvgIpc) is 2.94. The highest BCUT2D eigenvalue weighted by molar-refractivity contribution is 5.32. The molecule has 1 saturated carbocycles. The monoisotopic (exact) mass is 230 g/mol. The molecule has 2 N–H and O–H groups in total. The van der Waals surface area contributed by atoms with Gasteiger partial charge in [-0.15, -0.1) is 0 Å². The maximum Gasteiger partial charge on any atom is 0.0449 e. The van der Waals surface area contributed by atoms with E-state index in [4.69, 9.17) is 0 Å². The molecule has 2 atom stereocenters. The summed E-state index contributed by atoms with van der Waals surface area (Å²) in [7, 11) is 0. The summed E-state index contributed by atoms with van der Waals surface area (Å²) >= 11 is 0. The highest BCUT2D eigenvalue weighted by atomic mass is 15.0. The van der Waals surface area contributed by atoms with Gasteiger partial charge in [0.05, 0.1) is 0 Å². The molecular formula is C15H22N2. The number of rotatable bonds is 3. The zero-order chi connectivity index (χ0) is 11.9. The Morgan fingerprint density at radius 1 is 1.35 bits per heavy atom. The zero-order valence-electron chi connectivity index (χ0n) is 10.8. The largest absolute Gasteiger partial charge is 0.312 e. The summed E-state index contributed by atoms with van der Waals surface area (Å²) in [4.78, 5) is 0. The van der Waals surface area contributed by atoms with Gasteiger partial charge in [-0.25, -0.2) is 0 Å². The Hall–Kier alpha value is -0.860. The van der Waals surface area contributed by atoms with Crippen LogP contribution in [0.3, 0.4) is 0 Å². The molecule has 2 heteroatoms. The fraction of sp³-hybridized carbons (Fsp3) is 0.600. The van der Waals surface area contributed by atoms with Gasteiger partial charge in [0.2, 0.25) is 0 Å². The van der Waals surface area contributed by atoms with Gasteiger partial charge in [-0.3, -0.25) is 0 Å². The molecule has 0 bridgehead atoms. The second kappa shape index (κ2) is 4.11. The second-order valence-corrected chi connectivity index (χ2v) is 6.11. The Kier molecular flexibility index (Phi) is 2.72. The van der Waals surface area contributed by atoms with Gasteiger partial charge in [-0.1, -0.05) is 38.1 Å². The van der Waals surface area contributed by atoms with Crippen LogP contribution in [-0.4, -0.2) is 19.1 Å². The fourth-order valence-electron chi connectivity index (χ4n) is 2.85. The fourth-order valence-corrected chi connectivity index (χ4v) is 2.85. The van der Waals surface area contributed by atoms with Gasteiger partial charge >= 0.3 is 0 Å². The highest BCUT2D eigenvalue weighted by Gasteiger charge is 2.45. The number of hydrogen-bond donors (Lipinski definition) is 2. The molecule has 0 spiro atoms. The lowest BCUT2D eigenvalue weighted by atomic mass is 9.94. The summed E-state index contributed by atoms with van der Waals surface area (Å²) in [5, 5.41) is 7.32. The summed E-state index contributed by atoms with van der Waals surface area (Å²) in [6.07, 6.45) is 2.49. The Labute approximate surface area is 104 Å². The summed E-state index contributed by atoms with van der Waals surface area (Å²) in [5.41, 5.74) is 3.53. The van der Waals surface area contributed by atoms with Crippen molar-refractivity contribution in [2.75, 3.05) is 13.1 Å². The molecule has 0 amide bonds. The minimum absolute atomic E-state index is 0.497. The number of nitrogens with one attached hydrogen (secondary N) is 2. The molecule has 2 nitrogen and oxygen atoms in total. The average molecular weight is 230 g/mol. The normalized spacial score (nSPS) is 29.8. The van der Waals surface area contributed by atoms with Crippen molar-refractivity contribution in [1.82, 2.24) is 10.6 Å². The molecule has 1 aliphatic carbocycles. The quantitative estimate of drug-likeness (QED) is 0.832. The van der Waals surface area contributed by atoms with Gasteiger partial charge in [0.15, 0.2) is 0 Å². The minimum atomic E-state index is 0.497. The smallest absolute Gasteiger partial charge is 0.0449 e. The van der Waals surface area contributed by atoms with Gasteiger partial charge in [0.1, 0.15) is 0 Å². The van der Waals surface area contributed by atoms with E-state index in [9.17, 15) is 0 Å². The molecule has 1 aromatic rings. The first-order chi connectivity index (χ1) is 8.17. The van der Waals surface area contributed by atoms with Gasteiger partial charge < -0.3 is 10.6 Å². The molecule has 92 valence electrons. The molecule has 1 heterocycles. The Balaban J connectivity index is 1.65. The van der Waals surface area contributed by atoms with Crippen LogP contribution in [0.2, 0.25) is 0 Å². The van der Waals surface area contributed by atoms with Crippen LogP contribution in [0, 0.1) is 5.41 Å². The van der Waals surface area contributed by atoms with Crippen molar-refractivity contribution in [2.45, 2.75) is 38.8 Å². The number of benzene rings is 1. The first-order valence-electron chi connectivity index (χ1n) is 6.71. The summed E-state index contributed by atoms with van der Waals surface area (Å²) in [6.45, 7) is 6.85. The first kappa shape index (κ1) is 11.2. The molecule has 0 aromatic heterocycles. The van der Waals surface area contributed by atoms with Crippen molar-refractivity contribution in [3.05, 3.63) is 35.4 Å². The van der Waals surface area contributed by atoms with Gasteiger partial charge in [0.25, 0.3) is 0 Å². The van der Waals surface area contributed by atoms with Crippen molar-refractivity contribution >= 4 is 0 Å². The van der Waals surface area contributed by atoms with Crippen molar-refractivity contribution in [1.29, 1.82) is 0 Å². The number of hydrogen-bond acceptors (Lipinski definition) is 2. The van der Waals surface area contributed by atoms with Crippen LogP contribution >= 0.6 is 0 Å². The molecular weight excluding hydrogens is 208 g/mol. The summed E-state index contributed by atoms with van der Waals surface area (Å²) < 4.78 is 0. The van der Waals surface area contributed by atoms with Crippen LogP contribution in [0.4, 0.5) is 0 Å². The van der Waals surface area contributed by atoms with E-state index in [1.165, 1.54) is 24.0 Å². The molecule has 0 radical (unpaired) electrons. The van der Waals surface area contributed by atoms with E-state index in [-0.39, 0.29) is 0 Å². The second-order valence-electron chi connectivity index (χ2n) is 6.11. The predicted octanol–water partition coefficient (Wildman–Crippen LogP) is 2.26. The van der Waals surface area contributed by atoms with Crippen molar-refractivity contribution < 1.29 is 0 Å². The van der Waals surface area contributed by atoms with E-state index >= 15 is 0 Å². The van der Waals surface area contributed by atoms with Crippen LogP contribution in [-0.2, 0) is 6.42 Å². The minimum Gasteiger partial charge on any atom is -0.312 e. The first-order valence-corrected chi connectivity index (χ1v) is 6.71. The molecule has 17 heavy (non-hydrogen) atoms. The lowest BCUT2D eigenvalue weighted by Gasteiger charge is -2.27. The third-order valence-electron chi connectivity index (χ3n) is 4.30. The van der Waals surface area contributed by atoms with Crippen molar-refractivity contribution in [3.8, 4) is 0 Å². The molecule has 2 aliphatic rings. The van der Waals surface area contributed by atoms with Crippen LogP contribution in [0.5, 0.6) is 0 Å². The van der Waals surface area contributed by atoms with E-state index in [0.717, 1.165) is 19.1 Å². The molecule has 2 unspecified atom stereocenters. The SMILES string of the molecule is CC1(C)CC1NCC1NCCc2ccccc21.